The van der Waals surface area contributed by atoms with E-state index in [0.29, 0.717) is 12.1 Å². The van der Waals surface area contributed by atoms with Gasteiger partial charge in [-0.25, -0.2) is 0 Å². The number of aliphatic hydroxyl groups is 1. The van der Waals surface area contributed by atoms with Crippen molar-refractivity contribution < 1.29 is 9.90 Å². The van der Waals surface area contributed by atoms with Crippen molar-refractivity contribution >= 4 is 28.3 Å². The molecule has 1 fully saturated rings. The highest BCUT2D eigenvalue weighted by atomic mass is 32.1. The molecule has 112 valence electrons. The van der Waals surface area contributed by atoms with Crippen molar-refractivity contribution in [3.8, 4) is 0 Å². The van der Waals surface area contributed by atoms with Gasteiger partial charge in [-0.3, -0.25) is 4.79 Å². The summed E-state index contributed by atoms with van der Waals surface area (Å²) in [6.07, 6.45) is 1.65. The fourth-order valence-corrected chi connectivity index (χ4v) is 3.29. The molecule has 4 N–H and O–H groups in total. The summed E-state index contributed by atoms with van der Waals surface area (Å²) in [5.41, 5.74) is 5.54. The maximum atomic E-state index is 12.2. The second-order valence-corrected chi connectivity index (χ2v) is 6.65. The lowest BCUT2D eigenvalue weighted by Gasteiger charge is -2.37. The maximum Gasteiger partial charge on any atom is 0.258 e. The quantitative estimate of drug-likeness (QED) is 0.780. The van der Waals surface area contributed by atoms with Crippen molar-refractivity contribution in [1.29, 1.82) is 0 Å². The van der Waals surface area contributed by atoms with Crippen LogP contribution < -0.4 is 16.0 Å². The highest BCUT2D eigenvalue weighted by molar-refractivity contribution is 7.11. The third-order valence-electron chi connectivity index (χ3n) is 3.31. The lowest BCUT2D eigenvalue weighted by Crippen LogP contribution is -2.46. The molecular weight excluding hydrogens is 276 g/mol. The van der Waals surface area contributed by atoms with E-state index in [9.17, 15) is 9.90 Å². The van der Waals surface area contributed by atoms with E-state index in [1.54, 1.807) is 0 Å². The van der Waals surface area contributed by atoms with E-state index in [0.717, 1.165) is 24.4 Å². The Labute approximate surface area is 123 Å². The van der Waals surface area contributed by atoms with Crippen LogP contribution in [0.5, 0.6) is 0 Å². The Hall–Kier alpha value is -1.34. The number of nitrogens with zero attached hydrogens (tertiary/aromatic N) is 2. The molecule has 0 radical (unpaired) electrons. The summed E-state index contributed by atoms with van der Waals surface area (Å²) < 4.78 is 4.10. The van der Waals surface area contributed by atoms with Crippen LogP contribution in [0.3, 0.4) is 0 Å². The lowest BCUT2D eigenvalue weighted by atomic mass is 9.95. The van der Waals surface area contributed by atoms with Gasteiger partial charge in [0.1, 0.15) is 10.6 Å². The Morgan fingerprint density at radius 3 is 2.90 bits per heavy atom. The van der Waals surface area contributed by atoms with E-state index < -0.39 is 5.60 Å². The minimum atomic E-state index is -0.733. The van der Waals surface area contributed by atoms with E-state index in [2.05, 4.69) is 9.69 Å². The van der Waals surface area contributed by atoms with Crippen molar-refractivity contribution in [3.05, 3.63) is 5.56 Å². The number of nitrogens with one attached hydrogen (secondary N) is 1. The first-order chi connectivity index (χ1) is 9.30. The van der Waals surface area contributed by atoms with Crippen LogP contribution in [-0.4, -0.2) is 40.1 Å². The average Bonchev–Trinajstić information content (AvgIpc) is 2.69. The minimum absolute atomic E-state index is 0.0408. The van der Waals surface area contributed by atoms with E-state index in [-0.39, 0.29) is 17.8 Å². The lowest BCUT2D eigenvalue weighted by molar-refractivity contribution is 0.0450. The Kier molecular flexibility index (Phi) is 4.19. The number of anilines is 2. The van der Waals surface area contributed by atoms with Crippen LogP contribution in [0.15, 0.2) is 0 Å². The minimum Gasteiger partial charge on any atom is -0.388 e. The van der Waals surface area contributed by atoms with Gasteiger partial charge in [0.2, 0.25) is 0 Å². The Bertz CT molecular complexity index is 499. The van der Waals surface area contributed by atoms with Crippen LogP contribution in [0.4, 0.5) is 10.8 Å². The average molecular weight is 298 g/mol. The first-order valence-electron chi connectivity index (χ1n) is 6.83. The molecule has 2 rings (SSSR count). The number of piperidine rings is 1. The molecule has 1 aromatic rings. The Morgan fingerprint density at radius 1 is 1.60 bits per heavy atom. The van der Waals surface area contributed by atoms with Gasteiger partial charge < -0.3 is 21.1 Å². The molecule has 1 aliphatic rings. The summed E-state index contributed by atoms with van der Waals surface area (Å²) in [5, 5.41) is 13.8. The van der Waals surface area contributed by atoms with Crippen LogP contribution in [-0.2, 0) is 0 Å². The molecule has 1 aliphatic heterocycles. The van der Waals surface area contributed by atoms with Crippen LogP contribution in [0.25, 0.3) is 0 Å². The molecule has 20 heavy (non-hydrogen) atoms. The third-order valence-corrected chi connectivity index (χ3v) is 4.23. The van der Waals surface area contributed by atoms with Gasteiger partial charge in [-0.2, -0.15) is 4.37 Å². The van der Waals surface area contributed by atoms with Crippen molar-refractivity contribution in [3.63, 3.8) is 0 Å². The van der Waals surface area contributed by atoms with Crippen molar-refractivity contribution in [2.75, 3.05) is 23.7 Å². The number of hydrogen-bond acceptors (Lipinski definition) is 6. The second-order valence-electron chi connectivity index (χ2n) is 5.90. The summed E-state index contributed by atoms with van der Waals surface area (Å²) in [4.78, 5) is 14.3. The van der Waals surface area contributed by atoms with Gasteiger partial charge in [0.15, 0.2) is 5.82 Å². The van der Waals surface area contributed by atoms with Gasteiger partial charge in [0.25, 0.3) is 5.91 Å². The van der Waals surface area contributed by atoms with Gasteiger partial charge in [-0.1, -0.05) is 0 Å². The third kappa shape index (κ3) is 3.21. The SMILES string of the molecule is CC(C)NC(=O)c1c(N)nsc1N1CCCC(C)(O)C1. The summed E-state index contributed by atoms with van der Waals surface area (Å²) in [7, 11) is 0. The molecule has 2 heterocycles. The van der Waals surface area contributed by atoms with Gasteiger partial charge in [-0.05, 0) is 45.1 Å². The first kappa shape index (κ1) is 15.1. The summed E-state index contributed by atoms with van der Waals surface area (Å²) in [6.45, 7) is 6.92. The molecule has 0 spiro atoms. The van der Waals surface area contributed by atoms with Gasteiger partial charge >= 0.3 is 0 Å². The summed E-state index contributed by atoms with van der Waals surface area (Å²) >= 11 is 1.22. The van der Waals surface area contributed by atoms with E-state index in [4.69, 9.17) is 5.73 Å². The highest BCUT2D eigenvalue weighted by Crippen LogP contribution is 2.34. The molecule has 1 aromatic heterocycles. The van der Waals surface area contributed by atoms with Crippen LogP contribution in [0.1, 0.15) is 44.0 Å². The summed E-state index contributed by atoms with van der Waals surface area (Å²) in [6, 6.07) is 0.0408. The second kappa shape index (κ2) is 5.57. The molecule has 6 nitrogen and oxygen atoms in total. The number of nitrogen functional groups attached to an aromatic ring is 1. The van der Waals surface area contributed by atoms with Crippen molar-refractivity contribution in [2.24, 2.45) is 0 Å². The smallest absolute Gasteiger partial charge is 0.258 e. The predicted molar refractivity (Wildman–Crippen MR) is 81.2 cm³/mol. The maximum absolute atomic E-state index is 12.2. The predicted octanol–water partition coefficient (Wildman–Crippen LogP) is 1.21. The standard InChI is InChI=1S/C13H22N4O2S/c1-8(2)15-11(18)9-10(14)16-20-12(9)17-6-4-5-13(3,19)7-17/h8,19H,4-7H2,1-3H3,(H2,14,16)(H,15,18). The number of rotatable bonds is 3. The molecule has 0 aromatic carbocycles. The Balaban J connectivity index is 2.26. The largest absolute Gasteiger partial charge is 0.388 e. The number of hydrogen-bond donors (Lipinski definition) is 3. The topological polar surface area (TPSA) is 91.5 Å². The monoisotopic (exact) mass is 298 g/mol. The number of aromatic nitrogens is 1. The van der Waals surface area contributed by atoms with E-state index in [1.165, 1.54) is 11.5 Å². The van der Waals surface area contributed by atoms with E-state index >= 15 is 0 Å². The fraction of sp³-hybridized carbons (Fsp3) is 0.692. The zero-order valence-corrected chi connectivity index (χ0v) is 13.0. The van der Waals surface area contributed by atoms with Crippen molar-refractivity contribution in [2.45, 2.75) is 45.3 Å². The summed E-state index contributed by atoms with van der Waals surface area (Å²) in [5.74, 6) is 0.0554. The number of carbonyl (C=O) groups excluding carboxylic acids is 1. The molecule has 0 bridgehead atoms. The molecule has 7 heteroatoms. The highest BCUT2D eigenvalue weighted by Gasteiger charge is 2.32. The number of nitrogens with two attached hydrogens (primary N) is 1. The Morgan fingerprint density at radius 2 is 2.30 bits per heavy atom. The molecule has 1 unspecified atom stereocenters. The fourth-order valence-electron chi connectivity index (χ4n) is 2.45. The molecule has 0 saturated carbocycles. The molecule has 1 saturated heterocycles. The molecular formula is C13H22N4O2S. The zero-order valence-electron chi connectivity index (χ0n) is 12.1. The number of β-amino-alcohol motifs (C(OH)–C–C–N with tert-alkyl or cyclic N) is 1. The number of carbonyl (C=O) groups is 1. The number of amides is 1. The molecule has 1 amide bonds. The normalized spacial score (nSPS) is 23.1. The first-order valence-corrected chi connectivity index (χ1v) is 7.61. The van der Waals surface area contributed by atoms with Crippen LogP contribution in [0.2, 0.25) is 0 Å². The molecule has 1 atom stereocenters. The zero-order chi connectivity index (χ0) is 14.9. The van der Waals surface area contributed by atoms with Gasteiger partial charge in [0.05, 0.1) is 5.60 Å². The van der Waals surface area contributed by atoms with Gasteiger partial charge in [-0.15, -0.1) is 0 Å². The molecule has 0 aliphatic carbocycles. The van der Waals surface area contributed by atoms with Crippen LogP contribution in [0, 0.1) is 0 Å². The van der Waals surface area contributed by atoms with Crippen molar-refractivity contribution in [1.82, 2.24) is 9.69 Å². The van der Waals surface area contributed by atoms with E-state index in [1.807, 2.05) is 25.7 Å². The van der Waals surface area contributed by atoms with Crippen LogP contribution >= 0.6 is 11.5 Å². The van der Waals surface area contributed by atoms with Gasteiger partial charge in [0, 0.05) is 19.1 Å².